The molecule has 1 aliphatic heterocycles. The molecule has 7 heteroatoms. The molecule has 0 atom stereocenters. The molecule has 0 saturated carbocycles. The molecule has 1 fully saturated rings. The predicted molar refractivity (Wildman–Crippen MR) is 86.9 cm³/mol. The zero-order valence-corrected chi connectivity index (χ0v) is 13.4. The third kappa shape index (κ3) is 3.87. The van der Waals surface area contributed by atoms with Gasteiger partial charge in [0.05, 0.1) is 6.42 Å². The summed E-state index contributed by atoms with van der Waals surface area (Å²) in [6.07, 6.45) is -0.173. The fourth-order valence-corrected chi connectivity index (χ4v) is 2.87. The lowest BCUT2D eigenvalue weighted by atomic mass is 10.1. The van der Waals surface area contributed by atoms with Crippen LogP contribution in [0.4, 0.5) is 18.9 Å². The average molecular weight is 350 g/mol. The van der Waals surface area contributed by atoms with Gasteiger partial charge in [0.1, 0.15) is 5.75 Å². The minimum Gasteiger partial charge on any atom is -0.508 e. The van der Waals surface area contributed by atoms with Crippen LogP contribution in [-0.4, -0.2) is 42.1 Å². The summed E-state index contributed by atoms with van der Waals surface area (Å²) in [5.41, 5.74) is 1.06. The van der Waals surface area contributed by atoms with Crippen LogP contribution in [0.2, 0.25) is 0 Å². The Bertz CT molecular complexity index is 749. The molecule has 25 heavy (non-hydrogen) atoms. The molecule has 0 bridgehead atoms. The topological polar surface area (TPSA) is 43.8 Å². The fourth-order valence-electron chi connectivity index (χ4n) is 2.87. The number of aromatic hydroxyl groups is 1. The number of nitrogens with zero attached hydrogens (tertiary/aromatic N) is 2. The van der Waals surface area contributed by atoms with Crippen molar-refractivity contribution in [3.05, 3.63) is 59.4 Å². The van der Waals surface area contributed by atoms with E-state index in [2.05, 4.69) is 4.90 Å². The van der Waals surface area contributed by atoms with Crippen LogP contribution in [0.25, 0.3) is 0 Å². The Hall–Kier alpha value is -2.70. The number of hydrogen-bond acceptors (Lipinski definition) is 3. The number of carbonyl (C=O) groups excluding carboxylic acids is 1. The van der Waals surface area contributed by atoms with E-state index in [0.29, 0.717) is 26.2 Å². The highest BCUT2D eigenvalue weighted by atomic mass is 19.2. The number of rotatable bonds is 3. The smallest absolute Gasteiger partial charge is 0.227 e. The second-order valence-corrected chi connectivity index (χ2v) is 5.93. The van der Waals surface area contributed by atoms with Gasteiger partial charge in [0.15, 0.2) is 17.5 Å². The molecule has 2 aromatic rings. The first kappa shape index (κ1) is 17.1. The maximum atomic E-state index is 13.2. The number of phenols is 1. The van der Waals surface area contributed by atoms with E-state index < -0.39 is 17.5 Å². The zero-order valence-electron chi connectivity index (χ0n) is 13.4. The predicted octanol–water partition coefficient (Wildman–Crippen LogP) is 2.70. The lowest BCUT2D eigenvalue weighted by Gasteiger charge is -2.36. The number of halogens is 3. The van der Waals surface area contributed by atoms with Crippen molar-refractivity contribution in [2.75, 3.05) is 31.1 Å². The van der Waals surface area contributed by atoms with Gasteiger partial charge in [0.2, 0.25) is 5.91 Å². The van der Waals surface area contributed by atoms with Gasteiger partial charge in [0.25, 0.3) is 0 Å². The van der Waals surface area contributed by atoms with Crippen LogP contribution in [0, 0.1) is 17.5 Å². The van der Waals surface area contributed by atoms with E-state index in [9.17, 15) is 23.1 Å². The van der Waals surface area contributed by atoms with Crippen molar-refractivity contribution in [1.29, 1.82) is 0 Å². The molecule has 0 spiro atoms. The van der Waals surface area contributed by atoms with Gasteiger partial charge in [-0.1, -0.05) is 0 Å². The van der Waals surface area contributed by atoms with E-state index in [1.54, 1.807) is 29.2 Å². The summed E-state index contributed by atoms with van der Waals surface area (Å²) in [5, 5.41) is 9.32. The van der Waals surface area contributed by atoms with Gasteiger partial charge in [-0.25, -0.2) is 13.2 Å². The summed E-state index contributed by atoms with van der Waals surface area (Å²) in [5.74, 6) is -4.18. The first-order valence-electron chi connectivity index (χ1n) is 7.89. The van der Waals surface area contributed by atoms with Gasteiger partial charge in [-0.05, 0) is 42.0 Å². The minimum atomic E-state index is -1.53. The number of anilines is 1. The Balaban J connectivity index is 1.59. The molecular formula is C18H17F3N2O2. The molecular weight excluding hydrogens is 333 g/mol. The lowest BCUT2D eigenvalue weighted by Crippen LogP contribution is -2.49. The van der Waals surface area contributed by atoms with Crippen molar-refractivity contribution in [2.45, 2.75) is 6.42 Å². The molecule has 2 aromatic carbocycles. The number of hydrogen-bond donors (Lipinski definition) is 1. The molecule has 0 radical (unpaired) electrons. The van der Waals surface area contributed by atoms with Crippen molar-refractivity contribution in [1.82, 2.24) is 4.90 Å². The van der Waals surface area contributed by atoms with Crippen molar-refractivity contribution in [3.8, 4) is 5.75 Å². The minimum absolute atomic E-state index is 0.113. The first-order valence-corrected chi connectivity index (χ1v) is 7.89. The van der Waals surface area contributed by atoms with Crippen molar-refractivity contribution in [3.63, 3.8) is 0 Å². The largest absolute Gasteiger partial charge is 0.508 e. The number of amides is 1. The molecule has 1 amide bonds. The van der Waals surface area contributed by atoms with Gasteiger partial charge >= 0.3 is 0 Å². The summed E-state index contributed by atoms with van der Waals surface area (Å²) >= 11 is 0. The van der Waals surface area contributed by atoms with E-state index in [4.69, 9.17) is 0 Å². The Labute approximate surface area is 143 Å². The van der Waals surface area contributed by atoms with Crippen LogP contribution in [0.1, 0.15) is 5.56 Å². The Kier molecular flexibility index (Phi) is 4.83. The molecule has 0 aromatic heterocycles. The number of phenolic OH excluding ortho intramolecular Hbond substituents is 1. The molecule has 0 unspecified atom stereocenters. The summed E-state index contributed by atoms with van der Waals surface area (Å²) < 4.78 is 39.4. The third-order valence-corrected chi connectivity index (χ3v) is 4.25. The summed E-state index contributed by atoms with van der Waals surface area (Å²) in [4.78, 5) is 16.0. The second kappa shape index (κ2) is 7.04. The normalized spacial score (nSPS) is 14.7. The zero-order chi connectivity index (χ0) is 18.0. The highest BCUT2D eigenvalue weighted by Gasteiger charge is 2.22. The lowest BCUT2D eigenvalue weighted by molar-refractivity contribution is -0.130. The van der Waals surface area contributed by atoms with Crippen LogP contribution in [0.5, 0.6) is 5.75 Å². The highest BCUT2D eigenvalue weighted by Crippen LogP contribution is 2.20. The van der Waals surface area contributed by atoms with Crippen LogP contribution in [-0.2, 0) is 11.2 Å². The van der Waals surface area contributed by atoms with Crippen molar-refractivity contribution >= 4 is 11.6 Å². The number of carbonyl (C=O) groups is 1. The van der Waals surface area contributed by atoms with Gasteiger partial charge in [-0.2, -0.15) is 0 Å². The molecule has 4 nitrogen and oxygen atoms in total. The first-order chi connectivity index (χ1) is 11.9. The van der Waals surface area contributed by atoms with Gasteiger partial charge in [-0.3, -0.25) is 4.79 Å². The molecule has 1 heterocycles. The van der Waals surface area contributed by atoms with Gasteiger partial charge < -0.3 is 14.9 Å². The molecule has 1 aliphatic rings. The number of benzene rings is 2. The molecule has 1 N–H and O–H groups in total. The Morgan fingerprint density at radius 1 is 0.960 bits per heavy atom. The standard InChI is InChI=1S/C18H17F3N2O2/c19-15-9-12(10-16(20)18(15)21)11-17(25)23-7-5-22(6-8-23)13-1-3-14(24)4-2-13/h1-4,9-10,24H,5-8,11H2. The van der Waals surface area contributed by atoms with E-state index in [-0.39, 0.29) is 23.6 Å². The van der Waals surface area contributed by atoms with Crippen LogP contribution < -0.4 is 4.90 Å². The van der Waals surface area contributed by atoms with E-state index >= 15 is 0 Å². The highest BCUT2D eigenvalue weighted by molar-refractivity contribution is 5.79. The van der Waals surface area contributed by atoms with E-state index in [1.165, 1.54) is 0 Å². The van der Waals surface area contributed by atoms with Crippen molar-refractivity contribution < 1.29 is 23.1 Å². The van der Waals surface area contributed by atoms with Crippen LogP contribution in [0.15, 0.2) is 36.4 Å². The maximum absolute atomic E-state index is 13.2. The number of piperazine rings is 1. The average Bonchev–Trinajstić information content (AvgIpc) is 2.60. The van der Waals surface area contributed by atoms with Crippen LogP contribution >= 0.6 is 0 Å². The Morgan fingerprint density at radius 2 is 1.52 bits per heavy atom. The fraction of sp³-hybridized carbons (Fsp3) is 0.278. The van der Waals surface area contributed by atoms with Crippen molar-refractivity contribution in [2.24, 2.45) is 0 Å². The third-order valence-electron chi connectivity index (χ3n) is 4.25. The van der Waals surface area contributed by atoms with Crippen LogP contribution in [0.3, 0.4) is 0 Å². The molecule has 3 rings (SSSR count). The SMILES string of the molecule is O=C(Cc1cc(F)c(F)c(F)c1)N1CCN(c2ccc(O)cc2)CC1. The molecule has 132 valence electrons. The van der Waals surface area contributed by atoms with E-state index in [0.717, 1.165) is 17.8 Å². The Morgan fingerprint density at radius 3 is 2.08 bits per heavy atom. The second-order valence-electron chi connectivity index (χ2n) is 5.93. The van der Waals surface area contributed by atoms with Gasteiger partial charge in [-0.15, -0.1) is 0 Å². The maximum Gasteiger partial charge on any atom is 0.227 e. The molecule has 0 aliphatic carbocycles. The molecule has 1 saturated heterocycles. The van der Waals surface area contributed by atoms with E-state index in [1.807, 2.05) is 0 Å². The summed E-state index contributed by atoms with van der Waals surface area (Å²) in [6.45, 7) is 2.18. The monoisotopic (exact) mass is 350 g/mol. The summed E-state index contributed by atoms with van der Waals surface area (Å²) in [6, 6.07) is 8.51. The summed E-state index contributed by atoms with van der Waals surface area (Å²) in [7, 11) is 0. The van der Waals surface area contributed by atoms with Gasteiger partial charge in [0, 0.05) is 31.9 Å². The quantitative estimate of drug-likeness (QED) is 0.866.